The Kier molecular flexibility index (Phi) is 4.42. The molecule has 1 aromatic carbocycles. The van der Waals surface area contributed by atoms with Crippen molar-refractivity contribution in [1.29, 1.82) is 0 Å². The van der Waals surface area contributed by atoms with Crippen LogP contribution in [0.4, 0.5) is 0 Å². The van der Waals surface area contributed by atoms with Crippen LogP contribution in [0.25, 0.3) is 11.4 Å². The van der Waals surface area contributed by atoms with Crippen LogP contribution in [0.3, 0.4) is 0 Å². The van der Waals surface area contributed by atoms with Crippen LogP contribution in [-0.2, 0) is 6.54 Å². The zero-order chi connectivity index (χ0) is 15.5. The summed E-state index contributed by atoms with van der Waals surface area (Å²) in [5, 5.41) is 8.07. The Labute approximate surface area is 141 Å². The first-order valence-electron chi connectivity index (χ1n) is 6.41. The highest BCUT2D eigenvalue weighted by Crippen LogP contribution is 2.22. The van der Waals surface area contributed by atoms with Gasteiger partial charge < -0.3 is 5.43 Å². The van der Waals surface area contributed by atoms with Gasteiger partial charge in [-0.25, -0.2) is 9.77 Å². The van der Waals surface area contributed by atoms with Crippen LogP contribution >= 0.6 is 35.4 Å². The first-order valence-corrected chi connectivity index (χ1v) is 7.57. The summed E-state index contributed by atoms with van der Waals surface area (Å²) < 4.78 is 2.19. The second-order valence-electron chi connectivity index (χ2n) is 4.51. The molecule has 0 aliphatic carbocycles. The van der Waals surface area contributed by atoms with Gasteiger partial charge in [0.1, 0.15) is 0 Å². The fourth-order valence-corrected chi connectivity index (χ4v) is 2.48. The average Bonchev–Trinajstić information content (AvgIpc) is 2.90. The van der Waals surface area contributed by atoms with Crippen molar-refractivity contribution in [2.24, 2.45) is 0 Å². The molecule has 0 radical (unpaired) electrons. The molecule has 0 spiro atoms. The highest BCUT2D eigenvalue weighted by Gasteiger charge is 2.08. The van der Waals surface area contributed by atoms with Gasteiger partial charge in [-0.3, -0.25) is 4.98 Å². The Morgan fingerprint density at radius 3 is 2.64 bits per heavy atom. The number of H-pyrrole nitrogens is 1. The third-order valence-corrected chi connectivity index (χ3v) is 4.05. The number of aromatic nitrogens is 4. The molecule has 5 nitrogen and oxygen atoms in total. The van der Waals surface area contributed by atoms with Crippen molar-refractivity contribution in [2.75, 3.05) is 5.43 Å². The van der Waals surface area contributed by atoms with E-state index in [4.69, 9.17) is 35.4 Å². The standard InChI is InChI=1S/C14H11Cl2N5S/c15-11-2-1-9(7-12(11)16)8-18-21-13(19-20-14(21)22)10-3-5-17-6-4-10/h1-7,18H,8H2,(H,20,22). The van der Waals surface area contributed by atoms with Crippen LogP contribution in [0.2, 0.25) is 10.0 Å². The lowest BCUT2D eigenvalue weighted by molar-refractivity contribution is 0.831. The second kappa shape index (κ2) is 6.48. The molecular weight excluding hydrogens is 341 g/mol. The Morgan fingerprint density at radius 1 is 1.14 bits per heavy atom. The van der Waals surface area contributed by atoms with Gasteiger partial charge in [0.15, 0.2) is 5.82 Å². The van der Waals surface area contributed by atoms with Crippen LogP contribution in [0, 0.1) is 4.77 Å². The number of rotatable bonds is 4. The van der Waals surface area contributed by atoms with Crippen molar-refractivity contribution in [3.8, 4) is 11.4 Å². The molecule has 22 heavy (non-hydrogen) atoms. The van der Waals surface area contributed by atoms with Crippen molar-refractivity contribution >= 4 is 35.4 Å². The molecule has 0 saturated heterocycles. The van der Waals surface area contributed by atoms with Gasteiger partial charge >= 0.3 is 0 Å². The molecule has 3 rings (SSSR count). The molecule has 112 valence electrons. The molecule has 0 aliphatic heterocycles. The van der Waals surface area contributed by atoms with Crippen LogP contribution in [0.1, 0.15) is 5.56 Å². The van der Waals surface area contributed by atoms with Crippen LogP contribution < -0.4 is 5.43 Å². The molecule has 8 heteroatoms. The molecule has 0 aliphatic rings. The maximum absolute atomic E-state index is 6.02. The van der Waals surface area contributed by atoms with Gasteiger partial charge in [-0.2, -0.15) is 5.10 Å². The van der Waals surface area contributed by atoms with Crippen molar-refractivity contribution < 1.29 is 0 Å². The molecular formula is C14H11Cl2N5S. The molecule has 0 atom stereocenters. The lowest BCUT2D eigenvalue weighted by Crippen LogP contribution is -2.15. The Balaban J connectivity index is 1.85. The minimum atomic E-state index is 0.479. The number of pyridine rings is 1. The summed E-state index contributed by atoms with van der Waals surface area (Å²) in [5.74, 6) is 0.687. The summed E-state index contributed by atoms with van der Waals surface area (Å²) in [6.07, 6.45) is 3.41. The number of hydrogen-bond donors (Lipinski definition) is 2. The number of aromatic amines is 1. The number of nitrogens with one attached hydrogen (secondary N) is 2. The van der Waals surface area contributed by atoms with Crippen molar-refractivity contribution in [3.63, 3.8) is 0 Å². The monoisotopic (exact) mass is 351 g/mol. The summed E-state index contributed by atoms with van der Waals surface area (Å²) in [7, 11) is 0. The van der Waals surface area contributed by atoms with Crippen LogP contribution in [-0.4, -0.2) is 19.9 Å². The molecule has 2 N–H and O–H groups in total. The normalized spacial score (nSPS) is 10.6. The third-order valence-electron chi connectivity index (χ3n) is 3.04. The molecule has 0 bridgehead atoms. The summed E-state index contributed by atoms with van der Waals surface area (Å²) >= 11 is 17.2. The maximum Gasteiger partial charge on any atom is 0.214 e. The molecule has 0 saturated carbocycles. The maximum atomic E-state index is 6.02. The topological polar surface area (TPSA) is 58.5 Å². The number of nitrogens with zero attached hydrogens (tertiary/aromatic N) is 3. The van der Waals surface area contributed by atoms with Gasteiger partial charge in [-0.1, -0.05) is 29.3 Å². The largest absolute Gasteiger partial charge is 0.317 e. The average molecular weight is 352 g/mol. The Morgan fingerprint density at radius 2 is 1.91 bits per heavy atom. The molecule has 3 aromatic rings. The van der Waals surface area contributed by atoms with E-state index in [2.05, 4.69) is 20.6 Å². The Bertz CT molecular complexity index is 844. The van der Waals surface area contributed by atoms with Crippen LogP contribution in [0.5, 0.6) is 0 Å². The zero-order valence-corrected chi connectivity index (χ0v) is 13.6. The summed E-state index contributed by atoms with van der Waals surface area (Å²) in [6, 6.07) is 9.20. The Hall–Kier alpha value is -1.89. The zero-order valence-electron chi connectivity index (χ0n) is 11.3. The highest BCUT2D eigenvalue weighted by molar-refractivity contribution is 7.71. The molecule has 0 amide bonds. The lowest BCUT2D eigenvalue weighted by atomic mass is 10.2. The van der Waals surface area contributed by atoms with E-state index in [1.165, 1.54) is 0 Å². The van der Waals surface area contributed by atoms with E-state index in [0.29, 0.717) is 27.2 Å². The highest BCUT2D eigenvalue weighted by atomic mass is 35.5. The van der Waals surface area contributed by atoms with Gasteiger partial charge in [0.25, 0.3) is 0 Å². The summed E-state index contributed by atoms with van der Waals surface area (Å²) in [5.41, 5.74) is 5.11. The molecule has 0 fully saturated rings. The van der Waals surface area contributed by atoms with Gasteiger partial charge in [0.2, 0.25) is 4.77 Å². The van der Waals surface area contributed by atoms with E-state index >= 15 is 0 Å². The van der Waals surface area contributed by atoms with E-state index in [1.807, 2.05) is 24.3 Å². The van der Waals surface area contributed by atoms with Crippen molar-refractivity contribution in [3.05, 3.63) is 63.1 Å². The molecule has 2 aromatic heterocycles. The van der Waals surface area contributed by atoms with Crippen molar-refractivity contribution in [2.45, 2.75) is 6.54 Å². The predicted octanol–water partition coefficient (Wildman–Crippen LogP) is 4.05. The smallest absolute Gasteiger partial charge is 0.214 e. The molecule has 0 unspecified atom stereocenters. The second-order valence-corrected chi connectivity index (χ2v) is 5.71. The number of halogens is 2. The van der Waals surface area contributed by atoms with E-state index < -0.39 is 0 Å². The van der Waals surface area contributed by atoms with E-state index in [0.717, 1.165) is 11.1 Å². The molecule has 2 heterocycles. The first kappa shape index (κ1) is 15.0. The van der Waals surface area contributed by atoms with Crippen molar-refractivity contribution in [1.82, 2.24) is 19.9 Å². The van der Waals surface area contributed by atoms with E-state index in [9.17, 15) is 0 Å². The number of benzene rings is 1. The van der Waals surface area contributed by atoms with E-state index in [-0.39, 0.29) is 0 Å². The quantitative estimate of drug-likeness (QED) is 0.696. The fraction of sp³-hybridized carbons (Fsp3) is 0.0714. The van der Waals surface area contributed by atoms with Crippen LogP contribution in [0.15, 0.2) is 42.7 Å². The minimum Gasteiger partial charge on any atom is -0.317 e. The summed E-state index contributed by atoms with van der Waals surface area (Å²) in [4.78, 5) is 4.00. The predicted molar refractivity (Wildman–Crippen MR) is 90.2 cm³/mol. The number of hydrogen-bond acceptors (Lipinski definition) is 4. The van der Waals surface area contributed by atoms with Gasteiger partial charge in [-0.05, 0) is 42.0 Å². The summed E-state index contributed by atoms with van der Waals surface area (Å²) in [6.45, 7) is 0.531. The lowest BCUT2D eigenvalue weighted by Gasteiger charge is -2.10. The minimum absolute atomic E-state index is 0.479. The SMILES string of the molecule is S=c1[nH]nc(-c2ccncc2)n1NCc1ccc(Cl)c(Cl)c1. The van der Waals surface area contributed by atoms with E-state index in [1.54, 1.807) is 23.1 Å². The fourth-order valence-electron chi connectivity index (χ4n) is 1.96. The first-order chi connectivity index (χ1) is 10.6. The van der Waals surface area contributed by atoms with Gasteiger partial charge in [0, 0.05) is 18.0 Å². The van der Waals surface area contributed by atoms with Gasteiger partial charge in [0.05, 0.1) is 16.6 Å². The third kappa shape index (κ3) is 3.14. The van der Waals surface area contributed by atoms with Gasteiger partial charge in [-0.15, -0.1) is 0 Å².